The van der Waals surface area contributed by atoms with Crippen LogP contribution in [0.2, 0.25) is 0 Å². The van der Waals surface area contributed by atoms with Gasteiger partial charge in [0.05, 0.1) is 0 Å². The van der Waals surface area contributed by atoms with Gasteiger partial charge in [0, 0.05) is 10.8 Å². The highest BCUT2D eigenvalue weighted by Crippen LogP contribution is 2.51. The standard InChI is InChI=1S/C47H46/c1-28(2)31-15-21-38-39-23-19-35(27-42(39)47(8,9)41(38)26-31)46(6,7)34-17-12-29(13-18-34)37-20-14-30-10-11-32-24-36(45(3,4)5)25-33-16-22-40(37)44(30)43(32)33/h10-28H,1-9H3. The molecule has 234 valence electrons. The molecule has 0 aliphatic heterocycles. The van der Waals surface area contributed by atoms with Crippen molar-refractivity contribution < 1.29 is 0 Å². The van der Waals surface area contributed by atoms with Crippen molar-refractivity contribution >= 4 is 32.3 Å². The number of hydrogen-bond acceptors (Lipinski definition) is 0. The van der Waals surface area contributed by atoms with Gasteiger partial charge in [-0.3, -0.25) is 0 Å². The molecular formula is C47H46. The van der Waals surface area contributed by atoms with Crippen molar-refractivity contribution in [1.29, 1.82) is 0 Å². The molecule has 0 N–H and O–H groups in total. The first-order valence-corrected chi connectivity index (χ1v) is 17.4. The van der Waals surface area contributed by atoms with Gasteiger partial charge in [-0.2, -0.15) is 0 Å². The van der Waals surface area contributed by atoms with Gasteiger partial charge < -0.3 is 0 Å². The Labute approximate surface area is 280 Å². The molecule has 0 spiro atoms. The average Bonchev–Trinajstić information content (AvgIpc) is 3.28. The van der Waals surface area contributed by atoms with E-state index in [0.717, 1.165) is 0 Å². The lowest BCUT2D eigenvalue weighted by atomic mass is 9.74. The van der Waals surface area contributed by atoms with E-state index in [1.165, 1.54) is 88.0 Å². The maximum absolute atomic E-state index is 2.49. The Morgan fingerprint density at radius 2 is 1.04 bits per heavy atom. The molecule has 0 saturated carbocycles. The van der Waals surface area contributed by atoms with E-state index in [1.807, 2.05) is 0 Å². The predicted octanol–water partition coefficient (Wildman–Crippen LogP) is 13.3. The van der Waals surface area contributed by atoms with Crippen molar-refractivity contribution in [2.75, 3.05) is 0 Å². The van der Waals surface area contributed by atoms with Gasteiger partial charge in [-0.25, -0.2) is 0 Å². The Hall–Kier alpha value is -4.42. The number of hydrogen-bond donors (Lipinski definition) is 0. The van der Waals surface area contributed by atoms with E-state index < -0.39 is 0 Å². The molecule has 8 rings (SSSR count). The normalized spacial score (nSPS) is 14.4. The first kappa shape index (κ1) is 29.9. The minimum atomic E-state index is -0.130. The lowest BCUT2D eigenvalue weighted by Crippen LogP contribution is -2.21. The summed E-state index contributed by atoms with van der Waals surface area (Å²) >= 11 is 0. The molecule has 1 aliphatic carbocycles. The van der Waals surface area contributed by atoms with E-state index in [1.54, 1.807) is 0 Å². The molecule has 7 aromatic carbocycles. The maximum Gasteiger partial charge on any atom is 0.0159 e. The molecule has 0 fully saturated rings. The van der Waals surface area contributed by atoms with E-state index >= 15 is 0 Å². The van der Waals surface area contributed by atoms with Crippen LogP contribution in [0.15, 0.2) is 109 Å². The first-order valence-electron chi connectivity index (χ1n) is 17.4. The van der Waals surface area contributed by atoms with Crippen LogP contribution in [0.4, 0.5) is 0 Å². The van der Waals surface area contributed by atoms with E-state index in [9.17, 15) is 0 Å². The van der Waals surface area contributed by atoms with Crippen LogP contribution in [0, 0.1) is 0 Å². The monoisotopic (exact) mass is 610 g/mol. The highest BCUT2D eigenvalue weighted by Gasteiger charge is 2.37. The van der Waals surface area contributed by atoms with E-state index in [4.69, 9.17) is 0 Å². The van der Waals surface area contributed by atoms with Gasteiger partial charge in [-0.1, -0.05) is 172 Å². The number of benzene rings is 7. The summed E-state index contributed by atoms with van der Waals surface area (Å²) in [6, 6.07) is 42.4. The number of rotatable bonds is 4. The summed E-state index contributed by atoms with van der Waals surface area (Å²) in [6.07, 6.45) is 0. The van der Waals surface area contributed by atoms with Gasteiger partial charge in [-0.15, -0.1) is 0 Å². The van der Waals surface area contributed by atoms with Crippen molar-refractivity contribution in [3.63, 3.8) is 0 Å². The molecule has 0 heterocycles. The second-order valence-corrected chi connectivity index (χ2v) is 16.5. The SMILES string of the molecule is CC(C)c1ccc2c(c1)C(C)(C)c1cc(C(C)(C)c3ccc(-c4ccc5ccc6cc(C(C)(C)C)cc7ccc4c5c67)cc3)ccc1-2. The average molecular weight is 611 g/mol. The molecule has 0 amide bonds. The van der Waals surface area contributed by atoms with Crippen LogP contribution in [0.25, 0.3) is 54.6 Å². The molecule has 0 unspecified atom stereocenters. The fraction of sp³-hybridized carbons (Fsp3) is 0.277. The molecule has 0 nitrogen and oxygen atoms in total. The lowest BCUT2D eigenvalue weighted by molar-refractivity contribution is 0.591. The summed E-state index contributed by atoms with van der Waals surface area (Å²) in [4.78, 5) is 0. The zero-order valence-electron chi connectivity index (χ0n) is 29.5. The summed E-state index contributed by atoms with van der Waals surface area (Å²) in [6.45, 7) is 21.0. The van der Waals surface area contributed by atoms with E-state index in [0.29, 0.717) is 5.92 Å². The summed E-state index contributed by atoms with van der Waals surface area (Å²) in [7, 11) is 0. The second-order valence-electron chi connectivity index (χ2n) is 16.5. The van der Waals surface area contributed by atoms with Crippen molar-refractivity contribution in [2.45, 2.75) is 84.5 Å². The molecule has 0 bridgehead atoms. The van der Waals surface area contributed by atoms with Crippen LogP contribution in [-0.4, -0.2) is 0 Å². The zero-order valence-corrected chi connectivity index (χ0v) is 29.5. The molecule has 0 aromatic heterocycles. The quantitative estimate of drug-likeness (QED) is 0.174. The van der Waals surface area contributed by atoms with Crippen molar-refractivity contribution in [1.82, 2.24) is 0 Å². The van der Waals surface area contributed by atoms with E-state index in [-0.39, 0.29) is 16.2 Å². The molecule has 0 heteroatoms. The minimum Gasteiger partial charge on any atom is -0.0587 e. The lowest BCUT2D eigenvalue weighted by Gasteiger charge is -2.29. The van der Waals surface area contributed by atoms with Crippen molar-refractivity contribution in [3.05, 3.63) is 143 Å². The third-order valence-electron chi connectivity index (χ3n) is 11.5. The van der Waals surface area contributed by atoms with Gasteiger partial charge in [0.2, 0.25) is 0 Å². The van der Waals surface area contributed by atoms with Crippen LogP contribution in [-0.2, 0) is 16.2 Å². The first-order chi connectivity index (χ1) is 22.2. The summed E-state index contributed by atoms with van der Waals surface area (Å²) in [5.74, 6) is 0.528. The number of fused-ring (bicyclic) bond motifs is 3. The summed E-state index contributed by atoms with van der Waals surface area (Å²) < 4.78 is 0. The zero-order chi connectivity index (χ0) is 33.0. The predicted molar refractivity (Wildman–Crippen MR) is 205 cm³/mol. The Morgan fingerprint density at radius 1 is 0.489 bits per heavy atom. The Kier molecular flexibility index (Phi) is 6.40. The van der Waals surface area contributed by atoms with Gasteiger partial charge in [0.15, 0.2) is 0 Å². The second kappa shape index (κ2) is 10.0. The van der Waals surface area contributed by atoms with Crippen LogP contribution in [0.3, 0.4) is 0 Å². The molecule has 7 aromatic rings. The van der Waals surface area contributed by atoms with Crippen molar-refractivity contribution in [2.24, 2.45) is 0 Å². The van der Waals surface area contributed by atoms with Gasteiger partial charge in [0.25, 0.3) is 0 Å². The molecule has 0 radical (unpaired) electrons. The Balaban J connectivity index is 1.17. The summed E-state index contributed by atoms with van der Waals surface area (Å²) in [5.41, 5.74) is 13.7. The Bertz CT molecular complexity index is 2320. The topological polar surface area (TPSA) is 0 Å². The van der Waals surface area contributed by atoms with Crippen LogP contribution in [0.5, 0.6) is 0 Å². The minimum absolute atomic E-state index is 0.0190. The smallest absolute Gasteiger partial charge is 0.0159 e. The van der Waals surface area contributed by atoms with Gasteiger partial charge in [0.1, 0.15) is 0 Å². The maximum atomic E-state index is 2.49. The Morgan fingerprint density at radius 3 is 1.70 bits per heavy atom. The molecule has 0 saturated heterocycles. The van der Waals surface area contributed by atoms with Crippen molar-refractivity contribution in [3.8, 4) is 22.3 Å². The highest BCUT2D eigenvalue weighted by atomic mass is 14.4. The van der Waals surface area contributed by atoms with Gasteiger partial charge in [-0.05, 0) is 99.3 Å². The van der Waals surface area contributed by atoms with E-state index in [2.05, 4.69) is 172 Å². The third-order valence-corrected chi connectivity index (χ3v) is 11.5. The third kappa shape index (κ3) is 4.48. The largest absolute Gasteiger partial charge is 0.0587 e. The van der Waals surface area contributed by atoms with Crippen LogP contribution >= 0.6 is 0 Å². The fourth-order valence-electron chi connectivity index (χ4n) is 8.24. The fourth-order valence-corrected chi connectivity index (χ4v) is 8.24. The molecule has 0 atom stereocenters. The molecule has 1 aliphatic rings. The molecule has 47 heavy (non-hydrogen) atoms. The van der Waals surface area contributed by atoms with Gasteiger partial charge >= 0.3 is 0 Å². The van der Waals surface area contributed by atoms with Crippen LogP contribution in [0.1, 0.15) is 102 Å². The summed E-state index contributed by atoms with van der Waals surface area (Å²) in [5, 5.41) is 8.07. The highest BCUT2D eigenvalue weighted by molar-refractivity contribution is 6.25. The molecular weight excluding hydrogens is 565 g/mol. The van der Waals surface area contributed by atoms with Crippen LogP contribution < -0.4 is 0 Å².